The van der Waals surface area contributed by atoms with Crippen molar-refractivity contribution in [3.63, 3.8) is 0 Å². The second kappa shape index (κ2) is 5.81. The first-order valence-corrected chi connectivity index (χ1v) is 8.87. The lowest BCUT2D eigenvalue weighted by Crippen LogP contribution is -2.15. The highest BCUT2D eigenvalue weighted by Crippen LogP contribution is 2.26. The van der Waals surface area contributed by atoms with E-state index in [0.29, 0.717) is 23.5 Å². The average Bonchev–Trinajstić information content (AvgIpc) is 2.65. The lowest BCUT2D eigenvalue weighted by Gasteiger charge is -2.11. The van der Waals surface area contributed by atoms with Crippen LogP contribution >= 0.6 is 15.9 Å². The second-order valence-corrected chi connectivity index (χ2v) is 7.44. The Hall–Kier alpha value is -1.34. The second-order valence-electron chi connectivity index (χ2n) is 4.88. The third kappa shape index (κ3) is 3.13. The molecule has 0 aliphatic heterocycles. The highest BCUT2D eigenvalue weighted by atomic mass is 79.9. The van der Waals surface area contributed by atoms with Crippen LogP contribution in [-0.4, -0.2) is 18.2 Å². The highest BCUT2D eigenvalue weighted by Gasteiger charge is 2.21. The van der Waals surface area contributed by atoms with E-state index in [1.807, 2.05) is 13.8 Å². The van der Waals surface area contributed by atoms with Gasteiger partial charge in [-0.25, -0.2) is 8.42 Å². The molecule has 7 heteroatoms. The minimum atomic E-state index is -3.62. The number of nitrogens with one attached hydrogen (secondary N) is 1. The molecule has 0 fully saturated rings. The Morgan fingerprint density at radius 3 is 2.48 bits per heavy atom. The first-order chi connectivity index (χ1) is 9.76. The fraction of sp³-hybridized carbons (Fsp3) is 0.357. The molecule has 1 N–H and O–H groups in total. The molecule has 0 atom stereocenters. The van der Waals surface area contributed by atoms with Crippen LogP contribution < -0.4 is 4.72 Å². The summed E-state index contributed by atoms with van der Waals surface area (Å²) in [6.07, 6.45) is 0. The smallest absolute Gasteiger partial charge is 0.262 e. The lowest BCUT2D eigenvalue weighted by atomic mass is 10.2. The molecule has 1 aromatic heterocycles. The summed E-state index contributed by atoms with van der Waals surface area (Å²) >= 11 is 3.34. The topological polar surface area (TPSA) is 64.0 Å². The van der Waals surface area contributed by atoms with E-state index < -0.39 is 10.0 Å². The van der Waals surface area contributed by atoms with Crippen molar-refractivity contribution in [2.24, 2.45) is 0 Å². The first-order valence-electron chi connectivity index (χ1n) is 6.59. The van der Waals surface area contributed by atoms with Gasteiger partial charge in [0.1, 0.15) is 0 Å². The van der Waals surface area contributed by atoms with Crippen molar-refractivity contribution in [1.82, 2.24) is 9.78 Å². The number of aromatic nitrogens is 2. The number of benzene rings is 1. The maximum Gasteiger partial charge on any atom is 0.262 e. The third-order valence-corrected chi connectivity index (χ3v) is 5.35. The Labute approximate surface area is 133 Å². The van der Waals surface area contributed by atoms with Gasteiger partial charge >= 0.3 is 0 Å². The molecule has 0 saturated carbocycles. The van der Waals surface area contributed by atoms with Crippen LogP contribution in [0.5, 0.6) is 0 Å². The Morgan fingerprint density at radius 1 is 1.29 bits per heavy atom. The van der Waals surface area contributed by atoms with Gasteiger partial charge in [0.25, 0.3) is 10.0 Å². The molecular formula is C14H18BrN3O2S. The van der Waals surface area contributed by atoms with Crippen LogP contribution in [0, 0.1) is 20.8 Å². The molecule has 114 valence electrons. The van der Waals surface area contributed by atoms with Gasteiger partial charge in [-0.3, -0.25) is 9.40 Å². The molecule has 0 radical (unpaired) electrons. The van der Waals surface area contributed by atoms with Crippen LogP contribution in [0.1, 0.15) is 23.9 Å². The van der Waals surface area contributed by atoms with Gasteiger partial charge in [-0.15, -0.1) is 0 Å². The summed E-state index contributed by atoms with van der Waals surface area (Å²) in [6, 6.07) is 5.09. The van der Waals surface area contributed by atoms with Crippen molar-refractivity contribution in [3.05, 3.63) is 39.6 Å². The van der Waals surface area contributed by atoms with Gasteiger partial charge in [-0.05, 0) is 51.5 Å². The highest BCUT2D eigenvalue weighted by molar-refractivity contribution is 9.10. The number of halogens is 1. The van der Waals surface area contributed by atoms with Crippen molar-refractivity contribution in [2.75, 3.05) is 4.72 Å². The summed E-state index contributed by atoms with van der Waals surface area (Å²) in [5.74, 6) is 0. The number of rotatable bonds is 4. The number of hydrogen-bond donors (Lipinski definition) is 1. The van der Waals surface area contributed by atoms with Gasteiger partial charge in [0.2, 0.25) is 0 Å². The lowest BCUT2D eigenvalue weighted by molar-refractivity contribution is 0.600. The SMILES string of the molecule is CCn1nc(C)c(NS(=O)(=O)c2ccc(Br)cc2C)c1C. The Balaban J connectivity index is 2.45. The van der Waals surface area contributed by atoms with E-state index in [1.54, 1.807) is 36.7 Å². The normalized spacial score (nSPS) is 11.7. The largest absolute Gasteiger partial charge is 0.276 e. The molecule has 1 aromatic carbocycles. The third-order valence-electron chi connectivity index (χ3n) is 3.34. The molecule has 0 saturated heterocycles. The molecule has 2 rings (SSSR count). The number of sulfonamides is 1. The van der Waals surface area contributed by atoms with Crippen molar-refractivity contribution in [1.29, 1.82) is 0 Å². The van der Waals surface area contributed by atoms with E-state index in [0.717, 1.165) is 10.2 Å². The summed E-state index contributed by atoms with van der Waals surface area (Å²) in [4.78, 5) is 0.272. The van der Waals surface area contributed by atoms with Crippen molar-refractivity contribution >= 4 is 31.6 Å². The zero-order chi connectivity index (χ0) is 15.8. The van der Waals surface area contributed by atoms with Crippen molar-refractivity contribution in [2.45, 2.75) is 39.1 Å². The zero-order valence-electron chi connectivity index (χ0n) is 12.4. The van der Waals surface area contributed by atoms with E-state index in [1.165, 1.54) is 0 Å². The molecule has 21 heavy (non-hydrogen) atoms. The van der Waals surface area contributed by atoms with Crippen molar-refractivity contribution < 1.29 is 8.42 Å². The predicted molar refractivity (Wildman–Crippen MR) is 87.1 cm³/mol. The van der Waals surface area contributed by atoms with Crippen LogP contribution in [0.15, 0.2) is 27.6 Å². The van der Waals surface area contributed by atoms with Crippen LogP contribution in [0.4, 0.5) is 5.69 Å². The van der Waals surface area contributed by atoms with Gasteiger partial charge < -0.3 is 0 Å². The molecule has 0 aliphatic carbocycles. The number of aryl methyl sites for hydroxylation is 3. The summed E-state index contributed by atoms with van der Waals surface area (Å²) in [5, 5.41) is 4.33. The van der Waals surface area contributed by atoms with Crippen LogP contribution in [0.25, 0.3) is 0 Å². The first kappa shape index (κ1) is 16.0. The molecule has 2 aromatic rings. The van der Waals surface area contributed by atoms with Crippen LogP contribution in [-0.2, 0) is 16.6 Å². The molecule has 0 bridgehead atoms. The average molecular weight is 372 g/mol. The fourth-order valence-electron chi connectivity index (χ4n) is 2.26. The summed E-state index contributed by atoms with van der Waals surface area (Å²) < 4.78 is 30.4. The minimum Gasteiger partial charge on any atom is -0.276 e. The number of nitrogens with zero attached hydrogens (tertiary/aromatic N) is 2. The van der Waals surface area contributed by atoms with E-state index in [9.17, 15) is 8.42 Å². The molecule has 0 unspecified atom stereocenters. The van der Waals surface area contributed by atoms with Gasteiger partial charge in [0.05, 0.1) is 22.0 Å². The molecule has 0 spiro atoms. The summed E-state index contributed by atoms with van der Waals surface area (Å²) in [5.41, 5.74) is 2.73. The molecular weight excluding hydrogens is 354 g/mol. The maximum atomic E-state index is 12.6. The van der Waals surface area contributed by atoms with Gasteiger partial charge in [0, 0.05) is 11.0 Å². The molecule has 5 nitrogen and oxygen atoms in total. The van der Waals surface area contributed by atoms with E-state index in [-0.39, 0.29) is 4.90 Å². The van der Waals surface area contributed by atoms with E-state index in [4.69, 9.17) is 0 Å². The molecule has 0 amide bonds. The van der Waals surface area contributed by atoms with E-state index in [2.05, 4.69) is 25.8 Å². The quantitative estimate of drug-likeness (QED) is 0.895. The van der Waals surface area contributed by atoms with Gasteiger partial charge in [-0.2, -0.15) is 5.10 Å². The fourth-order valence-corrected chi connectivity index (χ4v) is 4.14. The van der Waals surface area contributed by atoms with Crippen LogP contribution in [0.2, 0.25) is 0 Å². The summed E-state index contributed by atoms with van der Waals surface area (Å²) in [6.45, 7) is 8.10. The minimum absolute atomic E-state index is 0.272. The number of hydrogen-bond acceptors (Lipinski definition) is 3. The molecule has 1 heterocycles. The van der Waals surface area contributed by atoms with Gasteiger partial charge in [0.15, 0.2) is 0 Å². The Morgan fingerprint density at radius 2 is 1.95 bits per heavy atom. The monoisotopic (exact) mass is 371 g/mol. The maximum absolute atomic E-state index is 12.6. The number of anilines is 1. The predicted octanol–water partition coefficient (Wildman–Crippen LogP) is 3.39. The van der Waals surface area contributed by atoms with Gasteiger partial charge in [-0.1, -0.05) is 15.9 Å². The van der Waals surface area contributed by atoms with E-state index >= 15 is 0 Å². The standard InChI is InChI=1S/C14H18BrN3O2S/c1-5-18-11(4)14(10(3)16-18)17-21(19,20)13-7-6-12(15)8-9(13)2/h6-8,17H,5H2,1-4H3. The summed E-state index contributed by atoms with van der Waals surface area (Å²) in [7, 11) is -3.62. The van der Waals surface area contributed by atoms with Crippen molar-refractivity contribution in [3.8, 4) is 0 Å². The Kier molecular flexibility index (Phi) is 4.43. The Bertz CT molecular complexity index is 782. The van der Waals surface area contributed by atoms with Crippen LogP contribution in [0.3, 0.4) is 0 Å². The zero-order valence-corrected chi connectivity index (χ0v) is 14.8. The molecule has 0 aliphatic rings.